The summed E-state index contributed by atoms with van der Waals surface area (Å²) in [5.74, 6) is 1.73. The Balaban J connectivity index is 1.14. The van der Waals surface area contributed by atoms with Crippen LogP contribution >= 0.6 is 0 Å². The second kappa shape index (κ2) is 13.6. The zero-order valence-corrected chi connectivity index (χ0v) is 30.8. The van der Waals surface area contributed by atoms with Crippen LogP contribution in [0, 0.1) is 0 Å². The standard InChI is InChI=1S/C53H33N3O/c1-4-13-34(14-5-1)37-21-12-22-43(30-37)51-54-52(44-26-25-41-29-40(23-24-42(41)31-44)35-15-6-2-7-16-35)56-53(55-51)46-28-27-45(36-17-8-3-9-18-36)49-47-32-38-19-10-11-20-39(38)33-48(47)57-50(46)49/h1-33H. The number of benzene rings is 9. The lowest BCUT2D eigenvalue weighted by Crippen LogP contribution is -2.01. The van der Waals surface area contributed by atoms with Crippen molar-refractivity contribution in [3.05, 3.63) is 200 Å². The Kier molecular flexibility index (Phi) is 7.78. The second-order valence-corrected chi connectivity index (χ2v) is 14.4. The monoisotopic (exact) mass is 727 g/mol. The molecule has 57 heavy (non-hydrogen) atoms. The van der Waals surface area contributed by atoms with Crippen LogP contribution in [0.3, 0.4) is 0 Å². The summed E-state index contributed by atoms with van der Waals surface area (Å²) in [6, 6.07) is 69.9. The molecule has 0 aliphatic rings. The summed E-state index contributed by atoms with van der Waals surface area (Å²) in [6.07, 6.45) is 0. The molecule has 0 N–H and O–H groups in total. The first kappa shape index (κ1) is 32.7. The molecular formula is C53H33N3O. The van der Waals surface area contributed by atoms with Crippen LogP contribution < -0.4 is 0 Å². The zero-order valence-electron chi connectivity index (χ0n) is 30.8. The maximum absolute atomic E-state index is 6.88. The van der Waals surface area contributed by atoms with Crippen LogP contribution in [0.2, 0.25) is 0 Å². The Morgan fingerprint density at radius 2 is 0.772 bits per heavy atom. The Morgan fingerprint density at radius 3 is 1.46 bits per heavy atom. The Morgan fingerprint density at radius 1 is 0.298 bits per heavy atom. The van der Waals surface area contributed by atoms with Gasteiger partial charge in [-0.3, -0.25) is 0 Å². The maximum atomic E-state index is 6.88. The lowest BCUT2D eigenvalue weighted by molar-refractivity contribution is 0.670. The number of fused-ring (bicyclic) bond motifs is 5. The number of rotatable bonds is 6. The highest BCUT2D eigenvalue weighted by Gasteiger charge is 2.21. The van der Waals surface area contributed by atoms with E-state index >= 15 is 0 Å². The van der Waals surface area contributed by atoms with Gasteiger partial charge in [-0.25, -0.2) is 15.0 Å². The van der Waals surface area contributed by atoms with E-state index in [1.54, 1.807) is 0 Å². The van der Waals surface area contributed by atoms with E-state index in [0.29, 0.717) is 17.5 Å². The highest BCUT2D eigenvalue weighted by Crippen LogP contribution is 2.43. The van der Waals surface area contributed by atoms with Crippen LogP contribution in [0.1, 0.15) is 0 Å². The summed E-state index contributed by atoms with van der Waals surface area (Å²) in [6.45, 7) is 0. The first-order valence-electron chi connectivity index (χ1n) is 19.2. The maximum Gasteiger partial charge on any atom is 0.167 e. The van der Waals surface area contributed by atoms with E-state index < -0.39 is 0 Å². The topological polar surface area (TPSA) is 51.8 Å². The number of furan rings is 1. The van der Waals surface area contributed by atoms with Crippen molar-refractivity contribution >= 4 is 43.5 Å². The fourth-order valence-electron chi connectivity index (χ4n) is 8.02. The zero-order chi connectivity index (χ0) is 37.7. The second-order valence-electron chi connectivity index (χ2n) is 14.4. The van der Waals surface area contributed by atoms with Crippen molar-refractivity contribution in [1.82, 2.24) is 15.0 Å². The molecule has 0 radical (unpaired) electrons. The molecule has 0 aliphatic heterocycles. The van der Waals surface area contributed by atoms with E-state index in [1.165, 1.54) is 11.1 Å². The Hall–Kier alpha value is -7.69. The van der Waals surface area contributed by atoms with Gasteiger partial charge in [0.1, 0.15) is 11.2 Å². The number of hydrogen-bond donors (Lipinski definition) is 0. The average molecular weight is 728 g/mol. The fourth-order valence-corrected chi connectivity index (χ4v) is 8.02. The van der Waals surface area contributed by atoms with Gasteiger partial charge in [-0.05, 0) is 91.3 Å². The summed E-state index contributed by atoms with van der Waals surface area (Å²) in [7, 11) is 0. The van der Waals surface area contributed by atoms with Crippen LogP contribution in [0.15, 0.2) is 205 Å². The van der Waals surface area contributed by atoms with Crippen molar-refractivity contribution < 1.29 is 4.42 Å². The minimum atomic E-state index is 0.549. The van der Waals surface area contributed by atoms with Crippen molar-refractivity contribution in [1.29, 1.82) is 0 Å². The third-order valence-electron chi connectivity index (χ3n) is 10.9. The molecule has 2 heterocycles. The molecule has 11 rings (SSSR count). The smallest absolute Gasteiger partial charge is 0.167 e. The van der Waals surface area contributed by atoms with E-state index in [-0.39, 0.29) is 0 Å². The van der Waals surface area contributed by atoms with Crippen LogP contribution in [0.25, 0.3) is 111 Å². The van der Waals surface area contributed by atoms with Gasteiger partial charge < -0.3 is 4.42 Å². The number of aromatic nitrogens is 3. The average Bonchev–Trinajstić information content (AvgIpc) is 3.66. The minimum Gasteiger partial charge on any atom is -0.455 e. The van der Waals surface area contributed by atoms with Crippen molar-refractivity contribution in [2.45, 2.75) is 0 Å². The third-order valence-corrected chi connectivity index (χ3v) is 10.9. The SMILES string of the molecule is c1ccc(-c2cccc(-c3nc(-c4ccc5cc(-c6ccccc6)ccc5c4)nc(-c4ccc(-c5ccccc5)c5c4oc4cc6ccccc6cc45)n3)c2)cc1. The summed E-state index contributed by atoms with van der Waals surface area (Å²) in [5, 5.41) is 6.64. The van der Waals surface area contributed by atoms with Gasteiger partial charge in [0, 0.05) is 21.9 Å². The van der Waals surface area contributed by atoms with Crippen molar-refractivity contribution in [3.8, 4) is 67.5 Å². The molecule has 4 heteroatoms. The predicted molar refractivity (Wildman–Crippen MR) is 235 cm³/mol. The molecule has 4 nitrogen and oxygen atoms in total. The molecule has 11 aromatic rings. The van der Waals surface area contributed by atoms with Gasteiger partial charge in [-0.15, -0.1) is 0 Å². The first-order chi connectivity index (χ1) is 28.2. The molecule has 0 amide bonds. The quantitative estimate of drug-likeness (QED) is 0.171. The van der Waals surface area contributed by atoms with E-state index in [1.807, 2.05) is 18.2 Å². The van der Waals surface area contributed by atoms with Gasteiger partial charge in [0.2, 0.25) is 0 Å². The fraction of sp³-hybridized carbons (Fsp3) is 0. The van der Waals surface area contributed by atoms with Crippen LogP contribution in [-0.2, 0) is 0 Å². The predicted octanol–water partition coefficient (Wildman–Crippen LogP) is 14.1. The van der Waals surface area contributed by atoms with Gasteiger partial charge >= 0.3 is 0 Å². The van der Waals surface area contributed by atoms with E-state index in [9.17, 15) is 0 Å². The van der Waals surface area contributed by atoms with Gasteiger partial charge in [0.25, 0.3) is 0 Å². The van der Waals surface area contributed by atoms with Crippen molar-refractivity contribution in [2.24, 2.45) is 0 Å². The summed E-state index contributed by atoms with van der Waals surface area (Å²) in [4.78, 5) is 15.7. The normalized spacial score (nSPS) is 11.5. The van der Waals surface area contributed by atoms with E-state index in [0.717, 1.165) is 82.4 Å². The minimum absolute atomic E-state index is 0.549. The molecule has 0 bridgehead atoms. The summed E-state index contributed by atoms with van der Waals surface area (Å²) < 4.78 is 6.88. The largest absolute Gasteiger partial charge is 0.455 e. The van der Waals surface area contributed by atoms with Crippen molar-refractivity contribution in [2.75, 3.05) is 0 Å². The molecular weight excluding hydrogens is 695 g/mol. The molecule has 0 aliphatic carbocycles. The van der Waals surface area contributed by atoms with E-state index in [4.69, 9.17) is 19.4 Å². The molecule has 0 saturated heterocycles. The number of hydrogen-bond acceptors (Lipinski definition) is 4. The molecule has 0 spiro atoms. The summed E-state index contributed by atoms with van der Waals surface area (Å²) in [5.41, 5.74) is 11.0. The lowest BCUT2D eigenvalue weighted by Gasteiger charge is -2.12. The van der Waals surface area contributed by atoms with Gasteiger partial charge in [0.05, 0.1) is 5.56 Å². The third kappa shape index (κ3) is 5.92. The number of nitrogens with zero attached hydrogens (tertiary/aromatic N) is 3. The lowest BCUT2D eigenvalue weighted by atomic mass is 9.96. The highest BCUT2D eigenvalue weighted by atomic mass is 16.3. The van der Waals surface area contributed by atoms with Gasteiger partial charge in [-0.2, -0.15) is 0 Å². The molecule has 9 aromatic carbocycles. The highest BCUT2D eigenvalue weighted by molar-refractivity contribution is 6.18. The van der Waals surface area contributed by atoms with Gasteiger partial charge in [0.15, 0.2) is 17.5 Å². The Bertz CT molecular complexity index is 3280. The molecule has 266 valence electrons. The summed E-state index contributed by atoms with van der Waals surface area (Å²) >= 11 is 0. The molecule has 2 aromatic heterocycles. The van der Waals surface area contributed by atoms with Crippen LogP contribution in [-0.4, -0.2) is 15.0 Å². The molecule has 0 atom stereocenters. The van der Waals surface area contributed by atoms with E-state index in [2.05, 4.69) is 182 Å². The van der Waals surface area contributed by atoms with Crippen LogP contribution in [0.5, 0.6) is 0 Å². The molecule has 0 saturated carbocycles. The molecule has 0 fully saturated rings. The molecule has 0 unspecified atom stereocenters. The van der Waals surface area contributed by atoms with Crippen molar-refractivity contribution in [3.63, 3.8) is 0 Å². The first-order valence-corrected chi connectivity index (χ1v) is 19.2. The van der Waals surface area contributed by atoms with Gasteiger partial charge in [-0.1, -0.05) is 164 Å². The Labute approximate surface area is 329 Å². The van der Waals surface area contributed by atoms with Crippen LogP contribution in [0.4, 0.5) is 0 Å².